The van der Waals surface area contributed by atoms with Crippen molar-refractivity contribution in [3.8, 4) is 0 Å². The quantitative estimate of drug-likeness (QED) is 0.527. The molecule has 1 saturated carbocycles. The molecule has 2 fully saturated rings. The molecular weight excluding hydrogens is 452 g/mol. The second-order valence-electron chi connectivity index (χ2n) is 9.49. The molecule has 2 aromatic heterocycles. The number of benzene rings is 1. The van der Waals surface area contributed by atoms with E-state index in [4.69, 9.17) is 0 Å². The summed E-state index contributed by atoms with van der Waals surface area (Å²) >= 11 is 0. The zero-order valence-corrected chi connectivity index (χ0v) is 20.6. The first-order valence-corrected chi connectivity index (χ1v) is 13.6. The Morgan fingerprint density at radius 2 is 1.94 bits per heavy atom. The molecule has 5 rings (SSSR count). The van der Waals surface area contributed by atoms with Crippen LogP contribution in [-0.4, -0.2) is 51.1 Å². The second kappa shape index (κ2) is 9.14. The second-order valence-corrected chi connectivity index (χ2v) is 11.4. The van der Waals surface area contributed by atoms with Crippen molar-refractivity contribution in [2.75, 3.05) is 18.4 Å². The number of carbonyl (C=O) groups excluding carboxylic acids is 1. The van der Waals surface area contributed by atoms with Gasteiger partial charge in [0.25, 0.3) is 0 Å². The first-order chi connectivity index (χ1) is 16.3. The van der Waals surface area contributed by atoms with Crippen LogP contribution in [0, 0.1) is 5.92 Å². The number of aryl methyl sites for hydroxylation is 2. The number of carbonyl (C=O) groups is 1. The van der Waals surface area contributed by atoms with Gasteiger partial charge in [0.15, 0.2) is 0 Å². The Balaban J connectivity index is 1.27. The number of rotatable bonds is 8. The number of hydrogen-bond acceptors (Lipinski definition) is 5. The number of anilines is 1. The summed E-state index contributed by atoms with van der Waals surface area (Å²) in [5.41, 5.74) is 1.48. The first-order valence-electron chi connectivity index (χ1n) is 12.1. The zero-order chi connectivity index (χ0) is 23.9. The third-order valence-electron chi connectivity index (χ3n) is 7.10. The number of nitrogens with zero attached hydrogens (tertiary/aromatic N) is 5. The summed E-state index contributed by atoms with van der Waals surface area (Å²) in [4.78, 5) is 17.6. The molecule has 3 heterocycles. The van der Waals surface area contributed by atoms with E-state index in [0.29, 0.717) is 30.9 Å². The summed E-state index contributed by atoms with van der Waals surface area (Å²) in [5, 5.41) is 7.37. The topological polar surface area (TPSA) is 102 Å². The van der Waals surface area contributed by atoms with E-state index in [1.54, 1.807) is 28.7 Å². The highest BCUT2D eigenvalue weighted by Gasteiger charge is 2.31. The summed E-state index contributed by atoms with van der Waals surface area (Å²) < 4.78 is 31.5. The summed E-state index contributed by atoms with van der Waals surface area (Å²) in [5.74, 6) is 2.02. The molecular formula is C24H32N6O3S. The Morgan fingerprint density at radius 3 is 2.68 bits per heavy atom. The summed E-state index contributed by atoms with van der Waals surface area (Å²) in [7, 11) is -1.62. The molecule has 1 aliphatic heterocycles. The van der Waals surface area contributed by atoms with Crippen LogP contribution in [0.2, 0.25) is 0 Å². The van der Waals surface area contributed by atoms with E-state index in [2.05, 4.69) is 22.3 Å². The number of hydrogen-bond donors (Lipinski definition) is 1. The van der Waals surface area contributed by atoms with Gasteiger partial charge in [0.05, 0.1) is 28.2 Å². The van der Waals surface area contributed by atoms with Crippen molar-refractivity contribution in [2.45, 2.75) is 62.8 Å². The van der Waals surface area contributed by atoms with Gasteiger partial charge in [0, 0.05) is 39.0 Å². The van der Waals surface area contributed by atoms with Gasteiger partial charge >= 0.3 is 0 Å². The van der Waals surface area contributed by atoms with E-state index in [-0.39, 0.29) is 23.3 Å². The van der Waals surface area contributed by atoms with E-state index in [9.17, 15) is 13.2 Å². The lowest BCUT2D eigenvalue weighted by Crippen LogP contribution is -2.35. The summed E-state index contributed by atoms with van der Waals surface area (Å²) in [6, 6.07) is 7.23. The van der Waals surface area contributed by atoms with Crippen molar-refractivity contribution in [2.24, 2.45) is 13.0 Å². The third-order valence-corrected chi connectivity index (χ3v) is 9.00. The normalized spacial score (nSPS) is 18.3. The lowest BCUT2D eigenvalue weighted by molar-refractivity contribution is -0.116. The number of nitrogens with one attached hydrogen (secondary N) is 1. The largest absolute Gasteiger partial charge is 0.331 e. The molecule has 9 nitrogen and oxygen atoms in total. The van der Waals surface area contributed by atoms with Crippen LogP contribution in [0.3, 0.4) is 0 Å². The number of sulfonamides is 1. The fourth-order valence-corrected chi connectivity index (χ4v) is 6.35. The Kier molecular flexibility index (Phi) is 6.20. The van der Waals surface area contributed by atoms with Crippen LogP contribution in [0.25, 0.3) is 11.0 Å². The monoisotopic (exact) mass is 484 g/mol. The predicted molar refractivity (Wildman–Crippen MR) is 130 cm³/mol. The standard InChI is InChI=1S/C24H32N6O3S/c1-17(18-6-7-18)30-23(12-13-25-30)27-24(31)11-10-22-26-20-16-19(8-9-21(20)28(22)2)34(32,33)29-14-4-3-5-15-29/h8-9,12-13,16-18H,3-7,10-11,14-15H2,1-2H3,(H,27,31). The van der Waals surface area contributed by atoms with Gasteiger partial charge in [-0.05, 0) is 56.7 Å². The Bertz CT molecular complexity index is 1300. The number of fused-ring (bicyclic) bond motifs is 1. The van der Waals surface area contributed by atoms with E-state index in [1.807, 2.05) is 22.4 Å². The molecule has 1 unspecified atom stereocenters. The minimum Gasteiger partial charge on any atom is -0.331 e. The minimum atomic E-state index is -3.51. The van der Waals surface area contributed by atoms with Crippen LogP contribution in [-0.2, 0) is 28.3 Å². The van der Waals surface area contributed by atoms with Crippen LogP contribution < -0.4 is 5.32 Å². The zero-order valence-electron chi connectivity index (χ0n) is 19.8. The highest BCUT2D eigenvalue weighted by atomic mass is 32.2. The smallest absolute Gasteiger partial charge is 0.243 e. The van der Waals surface area contributed by atoms with Crippen molar-refractivity contribution < 1.29 is 13.2 Å². The fraction of sp³-hybridized carbons (Fsp3) is 0.542. The van der Waals surface area contributed by atoms with E-state index in [1.165, 1.54) is 12.8 Å². The number of aromatic nitrogens is 4. The molecule has 3 aromatic rings. The SMILES string of the molecule is CC(C1CC1)n1nccc1NC(=O)CCc1nc2cc(S(=O)(=O)N3CCCCC3)ccc2n1C. The van der Waals surface area contributed by atoms with E-state index >= 15 is 0 Å². The summed E-state index contributed by atoms with van der Waals surface area (Å²) in [6.07, 6.45) is 7.75. The molecule has 1 aromatic carbocycles. The van der Waals surface area contributed by atoms with Crippen LogP contribution in [0.15, 0.2) is 35.4 Å². The van der Waals surface area contributed by atoms with Crippen molar-refractivity contribution in [3.05, 3.63) is 36.3 Å². The Hall–Kier alpha value is -2.72. The lowest BCUT2D eigenvalue weighted by atomic mass is 10.2. The highest BCUT2D eigenvalue weighted by molar-refractivity contribution is 7.89. The summed E-state index contributed by atoms with van der Waals surface area (Å²) in [6.45, 7) is 3.28. The molecule has 1 aliphatic carbocycles. The molecule has 1 amide bonds. The number of imidazole rings is 1. The van der Waals surface area contributed by atoms with Gasteiger partial charge in [-0.3, -0.25) is 4.79 Å². The molecule has 1 saturated heterocycles. The fourth-order valence-electron chi connectivity index (χ4n) is 4.81. The maximum atomic E-state index is 13.0. The third kappa shape index (κ3) is 4.48. The van der Waals surface area contributed by atoms with Crippen molar-refractivity contribution >= 4 is 32.8 Å². The average molecular weight is 485 g/mol. The van der Waals surface area contributed by atoms with Gasteiger partial charge in [-0.15, -0.1) is 0 Å². The Labute approximate surface area is 200 Å². The van der Waals surface area contributed by atoms with Gasteiger partial charge in [0.1, 0.15) is 11.6 Å². The van der Waals surface area contributed by atoms with Gasteiger partial charge in [-0.2, -0.15) is 9.40 Å². The molecule has 0 bridgehead atoms. The maximum absolute atomic E-state index is 13.0. The molecule has 1 atom stereocenters. The van der Waals surface area contributed by atoms with Gasteiger partial charge in [-0.1, -0.05) is 6.42 Å². The van der Waals surface area contributed by atoms with E-state index < -0.39 is 10.0 Å². The van der Waals surface area contributed by atoms with Gasteiger partial charge in [-0.25, -0.2) is 18.1 Å². The molecule has 2 aliphatic rings. The van der Waals surface area contributed by atoms with Crippen LogP contribution >= 0.6 is 0 Å². The van der Waals surface area contributed by atoms with Crippen molar-refractivity contribution in [1.82, 2.24) is 23.6 Å². The first kappa shape index (κ1) is 23.0. The molecule has 0 radical (unpaired) electrons. The highest BCUT2D eigenvalue weighted by Crippen LogP contribution is 2.40. The molecule has 10 heteroatoms. The van der Waals surface area contributed by atoms with Crippen molar-refractivity contribution in [3.63, 3.8) is 0 Å². The van der Waals surface area contributed by atoms with Crippen LogP contribution in [0.4, 0.5) is 5.82 Å². The molecule has 1 N–H and O–H groups in total. The van der Waals surface area contributed by atoms with Crippen LogP contribution in [0.5, 0.6) is 0 Å². The number of amides is 1. The molecule has 34 heavy (non-hydrogen) atoms. The van der Waals surface area contributed by atoms with E-state index in [0.717, 1.165) is 36.4 Å². The van der Waals surface area contributed by atoms with Crippen molar-refractivity contribution in [1.29, 1.82) is 0 Å². The molecule has 182 valence electrons. The van der Waals surface area contributed by atoms with Crippen LogP contribution in [0.1, 0.15) is 57.3 Å². The van der Waals surface area contributed by atoms with Gasteiger partial charge < -0.3 is 9.88 Å². The average Bonchev–Trinajstić information content (AvgIpc) is 3.52. The number of piperidine rings is 1. The molecule has 0 spiro atoms. The lowest BCUT2D eigenvalue weighted by Gasteiger charge is -2.25. The minimum absolute atomic E-state index is 0.0924. The predicted octanol–water partition coefficient (Wildman–Crippen LogP) is 3.49. The Morgan fingerprint density at radius 1 is 1.18 bits per heavy atom. The van der Waals surface area contributed by atoms with Gasteiger partial charge in [0.2, 0.25) is 15.9 Å². The maximum Gasteiger partial charge on any atom is 0.243 e.